The molecule has 3 heteroatoms. The molecule has 0 amide bonds. The number of rotatable bonds is 7. The van der Waals surface area contributed by atoms with Gasteiger partial charge in [0.15, 0.2) is 0 Å². The first-order valence-corrected chi connectivity index (χ1v) is 7.35. The molecule has 3 nitrogen and oxygen atoms in total. The van der Waals surface area contributed by atoms with Crippen LogP contribution in [0.5, 0.6) is 11.5 Å². The lowest BCUT2D eigenvalue weighted by Crippen LogP contribution is -2.33. The SMILES string of the molecule is CCNC(Cc1ccc(O)cc1)Cc1cccc(OC)c1. The number of phenols is 1. The number of nitrogens with one attached hydrogen (secondary N) is 1. The van der Waals surface area contributed by atoms with Crippen molar-refractivity contribution in [1.29, 1.82) is 0 Å². The quantitative estimate of drug-likeness (QED) is 0.821. The summed E-state index contributed by atoms with van der Waals surface area (Å²) in [5.41, 5.74) is 2.49. The lowest BCUT2D eigenvalue weighted by atomic mass is 9.98. The molecular formula is C18H23NO2. The smallest absolute Gasteiger partial charge is 0.119 e. The van der Waals surface area contributed by atoms with Crippen molar-refractivity contribution in [3.05, 3.63) is 59.7 Å². The van der Waals surface area contributed by atoms with Crippen molar-refractivity contribution in [3.63, 3.8) is 0 Å². The topological polar surface area (TPSA) is 41.5 Å². The molecule has 112 valence electrons. The Labute approximate surface area is 126 Å². The maximum Gasteiger partial charge on any atom is 0.119 e. The maximum absolute atomic E-state index is 9.36. The van der Waals surface area contributed by atoms with Crippen molar-refractivity contribution in [2.45, 2.75) is 25.8 Å². The highest BCUT2D eigenvalue weighted by Gasteiger charge is 2.10. The third-order valence-corrected chi connectivity index (χ3v) is 3.53. The van der Waals surface area contributed by atoms with Crippen LogP contribution >= 0.6 is 0 Å². The van der Waals surface area contributed by atoms with Gasteiger partial charge in [-0.2, -0.15) is 0 Å². The van der Waals surface area contributed by atoms with Crippen LogP contribution in [0.1, 0.15) is 18.1 Å². The Morgan fingerprint density at radius 1 is 1.05 bits per heavy atom. The molecule has 0 aliphatic rings. The number of hydrogen-bond donors (Lipinski definition) is 2. The number of likely N-dealkylation sites (N-methyl/N-ethyl adjacent to an activating group) is 1. The largest absolute Gasteiger partial charge is 0.508 e. The van der Waals surface area contributed by atoms with E-state index in [1.807, 2.05) is 24.3 Å². The van der Waals surface area contributed by atoms with Crippen molar-refractivity contribution in [2.24, 2.45) is 0 Å². The fourth-order valence-electron chi connectivity index (χ4n) is 2.51. The molecule has 0 aliphatic carbocycles. The van der Waals surface area contributed by atoms with Crippen molar-refractivity contribution in [1.82, 2.24) is 5.32 Å². The van der Waals surface area contributed by atoms with E-state index in [2.05, 4.69) is 24.4 Å². The van der Waals surface area contributed by atoms with Gasteiger partial charge in [0.2, 0.25) is 0 Å². The summed E-state index contributed by atoms with van der Waals surface area (Å²) in [6, 6.07) is 16.0. The molecule has 0 aromatic heterocycles. The van der Waals surface area contributed by atoms with E-state index < -0.39 is 0 Å². The third-order valence-electron chi connectivity index (χ3n) is 3.53. The third kappa shape index (κ3) is 4.80. The summed E-state index contributed by atoms with van der Waals surface area (Å²) < 4.78 is 5.28. The molecule has 0 heterocycles. The Morgan fingerprint density at radius 3 is 2.43 bits per heavy atom. The Kier molecular flexibility index (Phi) is 5.64. The Hall–Kier alpha value is -2.00. The molecule has 0 aliphatic heterocycles. The number of aromatic hydroxyl groups is 1. The molecule has 1 atom stereocenters. The highest BCUT2D eigenvalue weighted by molar-refractivity contribution is 5.30. The monoisotopic (exact) mass is 285 g/mol. The Bertz CT molecular complexity index is 551. The summed E-state index contributed by atoms with van der Waals surface area (Å²) in [4.78, 5) is 0. The van der Waals surface area contributed by atoms with E-state index in [9.17, 15) is 5.11 Å². The van der Waals surface area contributed by atoms with Crippen LogP contribution in [0.3, 0.4) is 0 Å². The first kappa shape index (κ1) is 15.4. The zero-order valence-electron chi connectivity index (χ0n) is 12.7. The van der Waals surface area contributed by atoms with Gasteiger partial charge in [-0.25, -0.2) is 0 Å². The first-order chi connectivity index (χ1) is 10.2. The minimum absolute atomic E-state index is 0.312. The lowest BCUT2D eigenvalue weighted by Gasteiger charge is -2.18. The normalized spacial score (nSPS) is 12.1. The van der Waals surface area contributed by atoms with Gasteiger partial charge in [0, 0.05) is 6.04 Å². The standard InChI is InChI=1S/C18H23NO2/c1-3-19-16(11-14-7-9-17(20)10-8-14)12-15-5-4-6-18(13-15)21-2/h4-10,13,16,19-20H,3,11-12H2,1-2H3. The van der Waals surface area contributed by atoms with Crippen LogP contribution < -0.4 is 10.1 Å². The van der Waals surface area contributed by atoms with E-state index in [1.54, 1.807) is 19.2 Å². The predicted octanol–water partition coefficient (Wildman–Crippen LogP) is 3.16. The first-order valence-electron chi connectivity index (χ1n) is 7.35. The van der Waals surface area contributed by atoms with Gasteiger partial charge >= 0.3 is 0 Å². The van der Waals surface area contributed by atoms with E-state index in [4.69, 9.17) is 4.74 Å². The van der Waals surface area contributed by atoms with Gasteiger partial charge in [-0.05, 0) is 54.8 Å². The van der Waals surface area contributed by atoms with Crippen LogP contribution in [-0.4, -0.2) is 24.8 Å². The summed E-state index contributed by atoms with van der Waals surface area (Å²) in [6.45, 7) is 3.06. The molecule has 1 unspecified atom stereocenters. The number of methoxy groups -OCH3 is 1. The van der Waals surface area contributed by atoms with E-state index in [0.717, 1.165) is 25.1 Å². The summed E-state index contributed by atoms with van der Waals surface area (Å²) >= 11 is 0. The molecule has 0 radical (unpaired) electrons. The van der Waals surface area contributed by atoms with E-state index in [-0.39, 0.29) is 0 Å². The van der Waals surface area contributed by atoms with Crippen molar-refractivity contribution in [2.75, 3.05) is 13.7 Å². The second-order valence-corrected chi connectivity index (χ2v) is 5.18. The number of benzene rings is 2. The van der Waals surface area contributed by atoms with Gasteiger partial charge in [-0.1, -0.05) is 31.2 Å². The molecule has 2 aromatic rings. The van der Waals surface area contributed by atoms with E-state index in [1.165, 1.54) is 11.1 Å². The lowest BCUT2D eigenvalue weighted by molar-refractivity contribution is 0.413. The minimum Gasteiger partial charge on any atom is -0.508 e. The molecule has 0 saturated heterocycles. The summed E-state index contributed by atoms with van der Waals surface area (Å²) in [7, 11) is 1.69. The van der Waals surface area contributed by atoms with Gasteiger partial charge in [-0.15, -0.1) is 0 Å². The minimum atomic E-state index is 0.312. The average molecular weight is 285 g/mol. The molecule has 2 rings (SSSR count). The van der Waals surface area contributed by atoms with Gasteiger partial charge in [0.25, 0.3) is 0 Å². The van der Waals surface area contributed by atoms with Gasteiger partial charge < -0.3 is 15.2 Å². The molecule has 2 N–H and O–H groups in total. The van der Waals surface area contributed by atoms with E-state index in [0.29, 0.717) is 11.8 Å². The van der Waals surface area contributed by atoms with Crippen LogP contribution in [0.25, 0.3) is 0 Å². The van der Waals surface area contributed by atoms with Crippen molar-refractivity contribution < 1.29 is 9.84 Å². The number of hydrogen-bond acceptors (Lipinski definition) is 3. The Balaban J connectivity index is 2.05. The van der Waals surface area contributed by atoms with Crippen molar-refractivity contribution in [3.8, 4) is 11.5 Å². The second-order valence-electron chi connectivity index (χ2n) is 5.18. The summed E-state index contributed by atoms with van der Waals surface area (Å²) in [6.07, 6.45) is 1.89. The average Bonchev–Trinajstić information content (AvgIpc) is 2.50. The molecule has 0 bridgehead atoms. The molecule has 0 spiro atoms. The predicted molar refractivity (Wildman–Crippen MR) is 86.0 cm³/mol. The zero-order chi connectivity index (χ0) is 15.1. The highest BCUT2D eigenvalue weighted by Crippen LogP contribution is 2.16. The van der Waals surface area contributed by atoms with Crippen LogP contribution in [0.15, 0.2) is 48.5 Å². The Morgan fingerprint density at radius 2 is 1.76 bits per heavy atom. The second kappa shape index (κ2) is 7.70. The van der Waals surface area contributed by atoms with Crippen LogP contribution in [0, 0.1) is 0 Å². The van der Waals surface area contributed by atoms with Gasteiger partial charge in [0.1, 0.15) is 11.5 Å². The number of ether oxygens (including phenoxy) is 1. The summed E-state index contributed by atoms with van der Waals surface area (Å²) in [5, 5.41) is 12.9. The zero-order valence-corrected chi connectivity index (χ0v) is 12.7. The highest BCUT2D eigenvalue weighted by atomic mass is 16.5. The van der Waals surface area contributed by atoms with Gasteiger partial charge in [0.05, 0.1) is 7.11 Å². The molecule has 21 heavy (non-hydrogen) atoms. The molecule has 0 fully saturated rings. The number of phenolic OH excluding ortho intramolecular Hbond substituents is 1. The fourth-order valence-corrected chi connectivity index (χ4v) is 2.51. The fraction of sp³-hybridized carbons (Fsp3) is 0.333. The van der Waals surface area contributed by atoms with Crippen LogP contribution in [-0.2, 0) is 12.8 Å². The van der Waals surface area contributed by atoms with E-state index >= 15 is 0 Å². The van der Waals surface area contributed by atoms with Crippen LogP contribution in [0.2, 0.25) is 0 Å². The maximum atomic E-state index is 9.36. The molecule has 2 aromatic carbocycles. The van der Waals surface area contributed by atoms with Crippen LogP contribution in [0.4, 0.5) is 0 Å². The molecular weight excluding hydrogens is 262 g/mol. The molecule has 0 saturated carbocycles. The summed E-state index contributed by atoms with van der Waals surface area (Å²) in [5.74, 6) is 1.21. The van der Waals surface area contributed by atoms with Crippen molar-refractivity contribution >= 4 is 0 Å². The van der Waals surface area contributed by atoms with Gasteiger partial charge in [-0.3, -0.25) is 0 Å².